The molecule has 4 heterocycles. The van der Waals surface area contributed by atoms with Crippen molar-refractivity contribution in [2.75, 3.05) is 6.54 Å². The highest BCUT2D eigenvalue weighted by Crippen LogP contribution is 2.45. The Balaban J connectivity index is 0.000000215. The number of hydrogen-bond donors (Lipinski definition) is 2. The van der Waals surface area contributed by atoms with E-state index < -0.39 is 0 Å². The Morgan fingerprint density at radius 3 is 2.19 bits per heavy atom. The van der Waals surface area contributed by atoms with Crippen molar-refractivity contribution in [2.24, 2.45) is 38.3 Å². The summed E-state index contributed by atoms with van der Waals surface area (Å²) in [5.74, 6) is 3.18. The summed E-state index contributed by atoms with van der Waals surface area (Å²) in [4.78, 5) is 16.7. The summed E-state index contributed by atoms with van der Waals surface area (Å²) in [5, 5.41) is 20.9. The number of guanidine groups is 1. The van der Waals surface area contributed by atoms with E-state index in [4.69, 9.17) is 26.4 Å². The lowest BCUT2D eigenvalue weighted by atomic mass is 9.95. The number of nitriles is 2. The van der Waals surface area contributed by atoms with Crippen molar-refractivity contribution < 1.29 is 4.39 Å². The van der Waals surface area contributed by atoms with E-state index in [1.165, 1.54) is 0 Å². The Hall–Kier alpha value is -10.7. The number of rotatable bonds is 13. The Kier molecular flexibility index (Phi) is 22.5. The molecule has 1 aliphatic heterocycles. The molecule has 0 fully saturated rings. The normalized spacial score (nSPS) is 16.7. The number of aryl methyl sites for hydroxylation is 1. The molecule has 11 nitrogen and oxygen atoms in total. The number of amidine groups is 1. The number of halogens is 1. The summed E-state index contributed by atoms with van der Waals surface area (Å²) in [6.45, 7) is 21.9. The molecule has 3 aliphatic rings. The first-order valence-corrected chi connectivity index (χ1v) is 32.3. The van der Waals surface area contributed by atoms with E-state index in [-0.39, 0.29) is 11.8 Å². The molecule has 468 valence electrons. The van der Waals surface area contributed by atoms with Gasteiger partial charge in [-0.2, -0.15) is 15.5 Å². The van der Waals surface area contributed by atoms with Crippen LogP contribution in [-0.2, 0) is 6.54 Å². The molecule has 0 bridgehead atoms. The lowest BCUT2D eigenvalue weighted by Gasteiger charge is -2.21. The van der Waals surface area contributed by atoms with Crippen molar-refractivity contribution >= 4 is 78.3 Å². The topological polar surface area (TPSA) is 155 Å². The molecular weight excluding hydrogens is 1160 g/mol. The van der Waals surface area contributed by atoms with Crippen molar-refractivity contribution in [3.8, 4) is 29.0 Å². The van der Waals surface area contributed by atoms with Crippen LogP contribution in [0, 0.1) is 55.3 Å². The number of allylic oxidation sites excluding steroid dienone is 11. The van der Waals surface area contributed by atoms with E-state index in [0.717, 1.165) is 137 Å². The molecular formula is C80H81FN11P. The van der Waals surface area contributed by atoms with Crippen LogP contribution in [0.2, 0.25) is 0 Å². The number of nitrogens with zero attached hydrogens (tertiary/aromatic N) is 9. The predicted molar refractivity (Wildman–Crippen MR) is 394 cm³/mol. The molecule has 4 N–H and O–H groups in total. The summed E-state index contributed by atoms with van der Waals surface area (Å²) >= 11 is 0. The first-order chi connectivity index (χ1) is 45.4. The minimum Gasteiger partial charge on any atom is -0.369 e. The van der Waals surface area contributed by atoms with Gasteiger partial charge in [-0.3, -0.25) is 9.56 Å². The van der Waals surface area contributed by atoms with Crippen LogP contribution in [0.3, 0.4) is 0 Å². The third kappa shape index (κ3) is 14.3. The number of hydrogen-bond acceptors (Lipinski definition) is 4. The molecule has 0 saturated heterocycles. The summed E-state index contributed by atoms with van der Waals surface area (Å²) in [6, 6.07) is 46.8. The quantitative estimate of drug-likeness (QED) is 0.0668. The van der Waals surface area contributed by atoms with Crippen LogP contribution in [0.15, 0.2) is 245 Å². The van der Waals surface area contributed by atoms with Gasteiger partial charge in [-0.1, -0.05) is 167 Å². The van der Waals surface area contributed by atoms with Crippen LogP contribution in [0.4, 0.5) is 4.39 Å². The zero-order chi connectivity index (χ0) is 66.1. The number of nitrogens with two attached hydrogens (primary N) is 2. The predicted octanol–water partition coefficient (Wildman–Crippen LogP) is 19.0. The fourth-order valence-corrected chi connectivity index (χ4v) is 12.6. The van der Waals surface area contributed by atoms with Crippen LogP contribution in [0.5, 0.6) is 0 Å². The van der Waals surface area contributed by atoms with Crippen molar-refractivity contribution in [1.82, 2.24) is 18.6 Å². The lowest BCUT2D eigenvalue weighted by Crippen LogP contribution is -2.32. The van der Waals surface area contributed by atoms with E-state index in [1.54, 1.807) is 18.2 Å². The van der Waals surface area contributed by atoms with Gasteiger partial charge in [0, 0.05) is 79.1 Å². The maximum atomic E-state index is 14.1. The van der Waals surface area contributed by atoms with E-state index in [2.05, 4.69) is 162 Å². The maximum absolute atomic E-state index is 14.1. The van der Waals surface area contributed by atoms with E-state index in [0.29, 0.717) is 42.7 Å². The van der Waals surface area contributed by atoms with Crippen LogP contribution < -0.4 is 11.5 Å². The number of aliphatic imine (C=N–C) groups is 3. The second kappa shape index (κ2) is 31.4. The molecule has 0 spiro atoms. The van der Waals surface area contributed by atoms with Gasteiger partial charge in [0.2, 0.25) is 11.9 Å². The maximum Gasteiger partial charge on any atom is 0.207 e. The number of aromatic nitrogens is 3. The second-order valence-electron chi connectivity index (χ2n) is 22.5. The molecule has 11 rings (SSSR count). The number of para-hydroxylation sites is 2. The lowest BCUT2D eigenvalue weighted by molar-refractivity contribution is 0.628. The molecule has 3 unspecified atom stereocenters. The minimum atomic E-state index is -0.109. The van der Waals surface area contributed by atoms with Gasteiger partial charge in [-0.25, -0.2) is 9.38 Å². The molecule has 8 aromatic rings. The van der Waals surface area contributed by atoms with E-state index >= 15 is 0 Å². The molecule has 0 amide bonds. The fourth-order valence-electron chi connectivity index (χ4n) is 12.4. The number of fused-ring (bicyclic) bond motifs is 2. The van der Waals surface area contributed by atoms with Gasteiger partial charge < -0.3 is 25.5 Å². The highest BCUT2D eigenvalue weighted by molar-refractivity contribution is 7.20. The highest BCUT2D eigenvalue weighted by atomic mass is 31.0. The Morgan fingerprint density at radius 1 is 0.796 bits per heavy atom. The molecule has 0 saturated carbocycles. The van der Waals surface area contributed by atoms with Crippen LogP contribution in [-0.4, -0.2) is 42.9 Å². The molecule has 3 atom stereocenters. The highest BCUT2D eigenvalue weighted by Gasteiger charge is 2.31. The largest absolute Gasteiger partial charge is 0.369 e. The van der Waals surface area contributed by atoms with Crippen LogP contribution >= 0.6 is 9.24 Å². The standard InChI is InChI=1S/C42H38N6.C36H37FN5P.C2H6/c1-6-15-36-35(7-2)39(29(4)47(36)34-19-12-9-13-20-34)40-30(5)48(37-21-14-16-28(3)38(37)40)42(44)46-41(33-24-22-31(26-43)23-25-33)45-27-32-17-10-8-11-18-32;1-3-4-12-28-22-41(36(39)40-31(24-43)27-13-9-11-26(21-38)17-18-27)23-30(28)35-29-14-6-8-16-33(29)42(34(35)19-20-37)32-15-7-5-10-25(32)2;1-2/h6-25H,2,27H2,1,3-5H3,(H2,44,45,46);3-8,12-20,23-26H,9-11,22,43H2,1-2H3,(H2,39,40);1-2H3/b15-6-;4-3-,20-19-,28-12+,31-24-;. The van der Waals surface area contributed by atoms with Gasteiger partial charge in [0.15, 0.2) is 5.84 Å². The second-order valence-corrected chi connectivity index (χ2v) is 22.8. The Morgan fingerprint density at radius 2 is 1.52 bits per heavy atom. The summed E-state index contributed by atoms with van der Waals surface area (Å²) in [6.07, 6.45) is 31.3. The first-order valence-electron chi connectivity index (χ1n) is 31.6. The average molecular weight is 1250 g/mol. The summed E-state index contributed by atoms with van der Waals surface area (Å²) in [7, 11) is 2.62. The van der Waals surface area contributed by atoms with Crippen molar-refractivity contribution in [3.05, 3.63) is 286 Å². The monoisotopic (exact) mass is 1250 g/mol. The van der Waals surface area contributed by atoms with E-state index in [9.17, 15) is 14.9 Å². The van der Waals surface area contributed by atoms with Crippen molar-refractivity contribution in [2.45, 2.75) is 81.2 Å². The van der Waals surface area contributed by atoms with Gasteiger partial charge in [0.1, 0.15) is 0 Å². The third-order valence-corrected chi connectivity index (χ3v) is 17.0. The summed E-state index contributed by atoms with van der Waals surface area (Å²) in [5.41, 5.74) is 33.2. The molecule has 13 heteroatoms. The van der Waals surface area contributed by atoms with E-state index in [1.807, 2.05) is 140 Å². The van der Waals surface area contributed by atoms with Gasteiger partial charge >= 0.3 is 0 Å². The first kappa shape index (κ1) is 66.8. The average Bonchev–Trinajstić information content (AvgIpc) is 1.58. The van der Waals surface area contributed by atoms with Crippen molar-refractivity contribution in [1.29, 1.82) is 10.5 Å². The van der Waals surface area contributed by atoms with Gasteiger partial charge in [0.25, 0.3) is 0 Å². The van der Waals surface area contributed by atoms with Crippen molar-refractivity contribution in [3.63, 3.8) is 0 Å². The molecule has 93 heavy (non-hydrogen) atoms. The smallest absolute Gasteiger partial charge is 0.207 e. The summed E-state index contributed by atoms with van der Waals surface area (Å²) < 4.78 is 20.6. The van der Waals surface area contributed by atoms with Crippen LogP contribution in [0.25, 0.3) is 68.1 Å². The van der Waals surface area contributed by atoms with Gasteiger partial charge in [-0.05, 0) is 149 Å². The molecule has 0 radical (unpaired) electrons. The Labute approximate surface area is 549 Å². The zero-order valence-electron chi connectivity index (χ0n) is 54.4. The Bertz CT molecular complexity index is 4590. The SMILES string of the molecule is C/C=C\C=C1/CN(C(N)=N/C(=C\P)C2=CCCC(C#N)C=C2)C=C1c1c(/C=C\F)n(C2=CC=CCC2C)c2ccccc12.C=Cc1c(-c2c(C)n(C(N)=NC(=NCc3ccccc3)c3ccc(C#N)cc3)c3cccc(C)c23)c(C)n(-c2ccccc2)c1/C=C\C.CC. The molecule has 3 aromatic heterocycles. The third-order valence-electron chi connectivity index (χ3n) is 16.7. The zero-order valence-corrected chi connectivity index (χ0v) is 55.5. The van der Waals surface area contributed by atoms with Gasteiger partial charge in [0.05, 0.1) is 71.2 Å². The number of benzene rings is 5. The van der Waals surface area contributed by atoms with Gasteiger partial charge in [-0.15, -0.1) is 9.24 Å². The molecule has 2 aliphatic carbocycles. The van der Waals surface area contributed by atoms with Crippen LogP contribution in [0.1, 0.15) is 110 Å². The minimum absolute atomic E-state index is 0.109. The fraction of sp³-hybridized carbons (Fsp3) is 0.188. The molecule has 5 aromatic carbocycles.